The van der Waals surface area contributed by atoms with E-state index in [1.165, 1.54) is 9.47 Å². The molecule has 0 saturated heterocycles. The number of nitrogen functional groups attached to an aromatic ring is 1. The number of unbranched alkanes of at least 4 members (excludes halogenated alkanes) is 3. The van der Waals surface area contributed by atoms with E-state index in [9.17, 15) is 14.4 Å². The molecule has 3 rings (SSSR count). The summed E-state index contributed by atoms with van der Waals surface area (Å²) in [5, 5.41) is 1.97. The minimum atomic E-state index is -0.638. The predicted molar refractivity (Wildman–Crippen MR) is 126 cm³/mol. The number of nitrogens with one attached hydrogen (secondary N) is 1. The first-order chi connectivity index (χ1) is 15.0. The molecule has 0 aliphatic heterocycles. The molecule has 0 aliphatic carbocycles. The summed E-state index contributed by atoms with van der Waals surface area (Å²) in [5.74, 6) is -0.271. The molecular weight excluding hydrogens is 392 g/mol. The van der Waals surface area contributed by atoms with Crippen LogP contribution in [-0.2, 0) is 6.54 Å². The Hall–Kier alpha value is -3.35. The fourth-order valence-corrected chi connectivity index (χ4v) is 3.69. The van der Waals surface area contributed by atoms with Gasteiger partial charge in [0, 0.05) is 18.7 Å². The molecule has 1 aromatic heterocycles. The topological polar surface area (TPSA) is 101 Å². The highest BCUT2D eigenvalue weighted by molar-refractivity contribution is 6.09. The van der Waals surface area contributed by atoms with Gasteiger partial charge in [-0.2, -0.15) is 0 Å². The normalized spacial score (nSPS) is 11.0. The van der Waals surface area contributed by atoms with Crippen LogP contribution in [0.15, 0.2) is 52.1 Å². The van der Waals surface area contributed by atoms with Crippen molar-refractivity contribution in [3.05, 3.63) is 68.9 Å². The molecular formula is C24H30N4O3. The monoisotopic (exact) mass is 422 g/mol. The van der Waals surface area contributed by atoms with Gasteiger partial charge in [-0.1, -0.05) is 63.4 Å². The zero-order chi connectivity index (χ0) is 22.4. The summed E-state index contributed by atoms with van der Waals surface area (Å²) in [6.07, 6.45) is 4.22. The van der Waals surface area contributed by atoms with Crippen LogP contribution in [0.2, 0.25) is 0 Å². The summed E-state index contributed by atoms with van der Waals surface area (Å²) >= 11 is 0. The number of nitrogens with two attached hydrogens (primary N) is 1. The Morgan fingerprint density at radius 2 is 1.71 bits per heavy atom. The number of hydrogen-bond donors (Lipinski definition) is 2. The molecule has 1 heterocycles. The second kappa shape index (κ2) is 10.1. The number of aromatic amines is 1. The largest absolute Gasteiger partial charge is 0.383 e. The molecule has 3 aromatic rings. The van der Waals surface area contributed by atoms with E-state index in [0.717, 1.165) is 42.9 Å². The van der Waals surface area contributed by atoms with Crippen molar-refractivity contribution in [2.24, 2.45) is 0 Å². The van der Waals surface area contributed by atoms with Crippen molar-refractivity contribution in [3.8, 4) is 0 Å². The number of carbonyl (C=O) groups is 1. The Morgan fingerprint density at radius 1 is 1.00 bits per heavy atom. The lowest BCUT2D eigenvalue weighted by molar-refractivity contribution is 0.0986. The minimum Gasteiger partial charge on any atom is -0.383 e. The van der Waals surface area contributed by atoms with Crippen LogP contribution in [0.4, 0.5) is 11.5 Å². The Bertz CT molecular complexity index is 1180. The second-order valence-corrected chi connectivity index (χ2v) is 7.72. The maximum absolute atomic E-state index is 13.5. The Kier molecular flexibility index (Phi) is 7.28. The van der Waals surface area contributed by atoms with Crippen molar-refractivity contribution in [3.63, 3.8) is 0 Å². The molecule has 0 bridgehead atoms. The highest BCUT2D eigenvalue weighted by Gasteiger charge is 2.25. The molecule has 31 heavy (non-hydrogen) atoms. The smallest absolute Gasteiger partial charge is 0.330 e. The second-order valence-electron chi connectivity index (χ2n) is 7.72. The molecule has 7 heteroatoms. The number of nitrogens with zero attached hydrogens (tertiary/aromatic N) is 2. The zero-order valence-corrected chi connectivity index (χ0v) is 18.2. The molecule has 1 amide bonds. The van der Waals surface area contributed by atoms with Crippen molar-refractivity contribution in [1.29, 1.82) is 0 Å². The Labute approximate surface area is 181 Å². The molecule has 3 N–H and O–H groups in total. The minimum absolute atomic E-state index is 0.0350. The van der Waals surface area contributed by atoms with E-state index in [1.54, 1.807) is 6.07 Å². The number of aromatic nitrogens is 2. The van der Waals surface area contributed by atoms with Gasteiger partial charge in [0.2, 0.25) is 0 Å². The maximum atomic E-state index is 13.5. The lowest BCUT2D eigenvalue weighted by Gasteiger charge is -2.25. The highest BCUT2D eigenvalue weighted by Crippen LogP contribution is 2.23. The Balaban J connectivity index is 2.09. The fraction of sp³-hybridized carbons (Fsp3) is 0.375. The number of hydrogen-bond acceptors (Lipinski definition) is 4. The van der Waals surface area contributed by atoms with Crippen molar-refractivity contribution < 1.29 is 4.79 Å². The Morgan fingerprint density at radius 3 is 2.42 bits per heavy atom. The zero-order valence-electron chi connectivity index (χ0n) is 18.2. The number of carbonyl (C=O) groups excluding carboxylic acids is 1. The molecule has 0 aliphatic rings. The SMILES string of the molecule is CCCCCN(C(=O)c1ccc2ccccc2c1)c1c(N)n(CCCC)c(=O)[nH]c1=O. The molecule has 0 fully saturated rings. The standard InChI is InChI=1S/C24H30N4O3/c1-3-5-9-15-27(20-21(25)28(14-6-4-2)24(31)26-22(20)29)23(30)19-13-12-17-10-7-8-11-18(17)16-19/h7-8,10-13,16H,3-6,9,14-15,25H2,1-2H3,(H,26,29,31). The number of rotatable bonds is 9. The highest BCUT2D eigenvalue weighted by atomic mass is 16.2. The van der Waals surface area contributed by atoms with Gasteiger partial charge in [-0.15, -0.1) is 0 Å². The number of H-pyrrole nitrogens is 1. The first kappa shape index (κ1) is 22.3. The quantitative estimate of drug-likeness (QED) is 0.511. The molecule has 0 radical (unpaired) electrons. The van der Waals surface area contributed by atoms with Crippen LogP contribution in [0.1, 0.15) is 56.3 Å². The summed E-state index contributed by atoms with van der Waals surface area (Å²) in [6.45, 7) is 4.81. The summed E-state index contributed by atoms with van der Waals surface area (Å²) in [4.78, 5) is 42.4. The number of anilines is 2. The van der Waals surface area contributed by atoms with Gasteiger partial charge < -0.3 is 10.6 Å². The molecule has 0 unspecified atom stereocenters. The summed E-state index contributed by atoms with van der Waals surface area (Å²) in [6, 6.07) is 13.3. The van der Waals surface area contributed by atoms with E-state index in [1.807, 2.05) is 43.3 Å². The molecule has 0 spiro atoms. The van der Waals surface area contributed by atoms with Crippen molar-refractivity contribution in [1.82, 2.24) is 9.55 Å². The summed E-state index contributed by atoms with van der Waals surface area (Å²) in [5.41, 5.74) is 5.62. The fourth-order valence-electron chi connectivity index (χ4n) is 3.69. The molecule has 2 aromatic carbocycles. The number of amides is 1. The van der Waals surface area contributed by atoms with Gasteiger partial charge in [0.1, 0.15) is 5.82 Å². The van der Waals surface area contributed by atoms with Gasteiger partial charge in [0.05, 0.1) is 0 Å². The van der Waals surface area contributed by atoms with Crippen LogP contribution in [-0.4, -0.2) is 22.0 Å². The van der Waals surface area contributed by atoms with Crippen molar-refractivity contribution in [2.45, 2.75) is 52.5 Å². The van der Waals surface area contributed by atoms with Gasteiger partial charge >= 0.3 is 5.69 Å². The lowest BCUT2D eigenvalue weighted by atomic mass is 10.1. The van der Waals surface area contributed by atoms with E-state index < -0.39 is 11.2 Å². The van der Waals surface area contributed by atoms with Crippen LogP contribution in [0.3, 0.4) is 0 Å². The third-order valence-electron chi connectivity index (χ3n) is 5.45. The predicted octanol–water partition coefficient (Wildman–Crippen LogP) is 3.91. The summed E-state index contributed by atoms with van der Waals surface area (Å²) in [7, 11) is 0. The first-order valence-electron chi connectivity index (χ1n) is 10.9. The van der Waals surface area contributed by atoms with Crippen LogP contribution in [0.5, 0.6) is 0 Å². The van der Waals surface area contributed by atoms with Crippen molar-refractivity contribution in [2.75, 3.05) is 17.2 Å². The van der Waals surface area contributed by atoms with E-state index in [0.29, 0.717) is 18.7 Å². The van der Waals surface area contributed by atoms with Crippen LogP contribution >= 0.6 is 0 Å². The van der Waals surface area contributed by atoms with Crippen LogP contribution < -0.4 is 21.9 Å². The molecule has 164 valence electrons. The molecule has 0 atom stereocenters. The van der Waals surface area contributed by atoms with E-state index >= 15 is 0 Å². The third-order valence-corrected chi connectivity index (χ3v) is 5.45. The van der Waals surface area contributed by atoms with Gasteiger partial charge in [0.15, 0.2) is 5.69 Å². The number of fused-ring (bicyclic) bond motifs is 1. The maximum Gasteiger partial charge on any atom is 0.330 e. The van der Waals surface area contributed by atoms with Gasteiger partial charge in [-0.3, -0.25) is 19.1 Å². The van der Waals surface area contributed by atoms with Crippen molar-refractivity contribution >= 4 is 28.2 Å². The average Bonchev–Trinajstić information content (AvgIpc) is 2.77. The average molecular weight is 423 g/mol. The van der Waals surface area contributed by atoms with Gasteiger partial charge in [-0.25, -0.2) is 4.79 Å². The van der Waals surface area contributed by atoms with Gasteiger partial charge in [-0.05, 0) is 35.7 Å². The van der Waals surface area contributed by atoms with Crippen LogP contribution in [0, 0.1) is 0 Å². The number of benzene rings is 2. The molecule has 7 nitrogen and oxygen atoms in total. The van der Waals surface area contributed by atoms with E-state index in [2.05, 4.69) is 11.9 Å². The van der Waals surface area contributed by atoms with E-state index in [4.69, 9.17) is 5.73 Å². The molecule has 0 saturated carbocycles. The van der Waals surface area contributed by atoms with Crippen LogP contribution in [0.25, 0.3) is 10.8 Å². The van der Waals surface area contributed by atoms with Gasteiger partial charge in [0.25, 0.3) is 11.5 Å². The first-order valence-corrected chi connectivity index (χ1v) is 10.9. The van der Waals surface area contributed by atoms with E-state index in [-0.39, 0.29) is 17.4 Å². The lowest BCUT2D eigenvalue weighted by Crippen LogP contribution is -2.41. The summed E-state index contributed by atoms with van der Waals surface area (Å²) < 4.78 is 1.35. The third kappa shape index (κ3) is 4.87.